The molecule has 0 heterocycles. The zero-order valence-corrected chi connectivity index (χ0v) is 13.0. The van der Waals surface area contributed by atoms with Crippen molar-refractivity contribution in [3.63, 3.8) is 0 Å². The highest BCUT2D eigenvalue weighted by Crippen LogP contribution is 2.27. The maximum atomic E-state index is 10.2. The molecular formula is C12H8Cl3N3O4. The monoisotopic (exact) mass is 363 g/mol. The molecule has 0 radical (unpaired) electrons. The zero-order valence-electron chi connectivity index (χ0n) is 10.7. The van der Waals surface area contributed by atoms with Crippen molar-refractivity contribution in [2.45, 2.75) is 0 Å². The van der Waals surface area contributed by atoms with Crippen molar-refractivity contribution in [3.8, 4) is 0 Å². The van der Waals surface area contributed by atoms with E-state index in [0.717, 1.165) is 0 Å². The van der Waals surface area contributed by atoms with Gasteiger partial charge in [0.05, 0.1) is 9.85 Å². The minimum absolute atomic E-state index is 0.0967. The second-order valence-electron chi connectivity index (χ2n) is 3.81. The number of nitro groups is 2. The first-order chi connectivity index (χ1) is 10.2. The van der Waals surface area contributed by atoms with Crippen LogP contribution in [0, 0.1) is 20.2 Å². The number of nitrogen functional groups attached to an aromatic ring is 1. The molecule has 0 amide bonds. The van der Waals surface area contributed by atoms with Crippen molar-refractivity contribution in [1.82, 2.24) is 0 Å². The van der Waals surface area contributed by atoms with E-state index in [1.807, 2.05) is 0 Å². The molecule has 0 atom stereocenters. The third kappa shape index (κ3) is 5.03. The van der Waals surface area contributed by atoms with Crippen LogP contribution >= 0.6 is 34.8 Å². The summed E-state index contributed by atoms with van der Waals surface area (Å²) < 4.78 is 0. The van der Waals surface area contributed by atoms with E-state index in [1.54, 1.807) is 0 Å². The SMILES string of the molecule is Nc1ccc(Cl)cc1[N+](=O)[O-].O=[N+]([O-])c1cc(Cl)ccc1Cl. The van der Waals surface area contributed by atoms with Gasteiger partial charge in [0, 0.05) is 22.2 Å². The van der Waals surface area contributed by atoms with E-state index in [0.29, 0.717) is 10.0 Å². The van der Waals surface area contributed by atoms with Gasteiger partial charge in [0.15, 0.2) is 0 Å². The molecule has 0 saturated carbocycles. The number of nitrogens with two attached hydrogens (primary N) is 1. The topological polar surface area (TPSA) is 112 Å². The highest BCUT2D eigenvalue weighted by atomic mass is 35.5. The lowest BCUT2D eigenvalue weighted by molar-refractivity contribution is -0.384. The Labute approximate surface area is 139 Å². The minimum Gasteiger partial charge on any atom is -0.393 e. The molecule has 10 heteroatoms. The van der Waals surface area contributed by atoms with Gasteiger partial charge < -0.3 is 5.73 Å². The maximum absolute atomic E-state index is 10.2. The minimum atomic E-state index is -0.575. The molecule has 0 unspecified atom stereocenters. The summed E-state index contributed by atoms with van der Waals surface area (Å²) >= 11 is 16.5. The highest BCUT2D eigenvalue weighted by molar-refractivity contribution is 6.34. The van der Waals surface area contributed by atoms with E-state index in [4.69, 9.17) is 40.5 Å². The number of nitrogens with zero attached hydrogens (tertiary/aromatic N) is 2. The Hall–Kier alpha value is -2.09. The molecule has 0 saturated heterocycles. The van der Waals surface area contributed by atoms with Crippen LogP contribution < -0.4 is 5.73 Å². The Balaban J connectivity index is 0.000000220. The molecule has 22 heavy (non-hydrogen) atoms. The molecule has 0 spiro atoms. The Morgan fingerprint density at radius 2 is 1.27 bits per heavy atom. The van der Waals surface area contributed by atoms with Gasteiger partial charge in [-0.05, 0) is 24.3 Å². The Bertz CT molecular complexity index is 663. The molecular weight excluding hydrogens is 357 g/mol. The second-order valence-corrected chi connectivity index (χ2v) is 5.09. The van der Waals surface area contributed by atoms with Gasteiger partial charge in [-0.2, -0.15) is 0 Å². The predicted molar refractivity (Wildman–Crippen MR) is 85.6 cm³/mol. The number of benzene rings is 2. The number of nitro benzene ring substituents is 2. The molecule has 0 aromatic heterocycles. The summed E-state index contributed by atoms with van der Waals surface area (Å²) in [6, 6.07) is 8.23. The van der Waals surface area contributed by atoms with Crippen LogP contribution in [0.2, 0.25) is 15.1 Å². The summed E-state index contributed by atoms with van der Waals surface area (Å²) in [4.78, 5) is 19.3. The summed E-state index contributed by atoms with van der Waals surface area (Å²) in [6.07, 6.45) is 0. The number of rotatable bonds is 2. The molecule has 0 aliphatic rings. The molecule has 0 bridgehead atoms. The Kier molecular flexibility index (Phi) is 6.36. The lowest BCUT2D eigenvalue weighted by atomic mass is 10.3. The fourth-order valence-electron chi connectivity index (χ4n) is 1.30. The quantitative estimate of drug-likeness (QED) is 0.470. The van der Waals surface area contributed by atoms with Crippen LogP contribution in [0.3, 0.4) is 0 Å². The van der Waals surface area contributed by atoms with Crippen molar-refractivity contribution in [2.24, 2.45) is 0 Å². The molecule has 2 N–H and O–H groups in total. The summed E-state index contributed by atoms with van der Waals surface area (Å²) in [5.74, 6) is 0. The van der Waals surface area contributed by atoms with E-state index in [2.05, 4.69) is 0 Å². The molecule has 0 fully saturated rings. The predicted octanol–water partition coefficient (Wildman–Crippen LogP) is 4.73. The standard InChI is InChI=1S/C6H3Cl2NO2.C6H5ClN2O2/c2*7-4-1-2-5(8)6(3-4)9(10)11/h1-3H;1-3H,8H2. The van der Waals surface area contributed by atoms with Gasteiger partial charge in [-0.1, -0.05) is 34.8 Å². The largest absolute Gasteiger partial charge is 0.393 e. The van der Waals surface area contributed by atoms with Crippen molar-refractivity contribution < 1.29 is 9.85 Å². The van der Waals surface area contributed by atoms with Crippen LogP contribution in [0.1, 0.15) is 0 Å². The Morgan fingerprint density at radius 3 is 1.68 bits per heavy atom. The van der Waals surface area contributed by atoms with Crippen LogP contribution in [-0.2, 0) is 0 Å². The fourth-order valence-corrected chi connectivity index (χ4v) is 1.82. The summed E-state index contributed by atoms with van der Waals surface area (Å²) in [5, 5.41) is 21.2. The van der Waals surface area contributed by atoms with E-state index < -0.39 is 9.85 Å². The third-order valence-corrected chi connectivity index (χ3v) is 3.08. The molecule has 2 rings (SSSR count). The summed E-state index contributed by atoms with van der Waals surface area (Å²) in [6.45, 7) is 0. The van der Waals surface area contributed by atoms with E-state index in [-0.39, 0.29) is 22.1 Å². The summed E-state index contributed by atoms with van der Waals surface area (Å²) in [7, 11) is 0. The fraction of sp³-hybridized carbons (Fsp3) is 0. The number of hydrogen-bond acceptors (Lipinski definition) is 5. The lowest BCUT2D eigenvalue weighted by Gasteiger charge is -1.95. The molecule has 0 aliphatic heterocycles. The van der Waals surface area contributed by atoms with Crippen molar-refractivity contribution in [1.29, 1.82) is 0 Å². The number of hydrogen-bond donors (Lipinski definition) is 1. The maximum Gasteiger partial charge on any atom is 0.293 e. The van der Waals surface area contributed by atoms with Gasteiger partial charge in [-0.3, -0.25) is 20.2 Å². The van der Waals surface area contributed by atoms with Gasteiger partial charge in [-0.25, -0.2) is 0 Å². The molecule has 116 valence electrons. The van der Waals surface area contributed by atoms with E-state index >= 15 is 0 Å². The average Bonchev–Trinajstić information content (AvgIpc) is 2.44. The van der Waals surface area contributed by atoms with Gasteiger partial charge >= 0.3 is 0 Å². The highest BCUT2D eigenvalue weighted by Gasteiger charge is 2.11. The second kappa shape index (κ2) is 7.79. The molecule has 2 aromatic rings. The average molecular weight is 365 g/mol. The van der Waals surface area contributed by atoms with Crippen molar-refractivity contribution in [2.75, 3.05) is 5.73 Å². The van der Waals surface area contributed by atoms with Crippen LogP contribution in [0.25, 0.3) is 0 Å². The summed E-state index contributed by atoms with van der Waals surface area (Å²) in [5.41, 5.74) is 5.09. The lowest BCUT2D eigenvalue weighted by Crippen LogP contribution is -1.94. The van der Waals surface area contributed by atoms with Gasteiger partial charge in [-0.15, -0.1) is 0 Å². The third-order valence-electron chi connectivity index (χ3n) is 2.29. The smallest absolute Gasteiger partial charge is 0.293 e. The van der Waals surface area contributed by atoms with Gasteiger partial charge in [0.1, 0.15) is 10.7 Å². The van der Waals surface area contributed by atoms with Gasteiger partial charge in [0.25, 0.3) is 11.4 Å². The first-order valence-corrected chi connectivity index (χ1v) is 6.64. The molecule has 2 aromatic carbocycles. The molecule has 7 nitrogen and oxygen atoms in total. The van der Waals surface area contributed by atoms with Crippen LogP contribution in [0.4, 0.5) is 17.1 Å². The Morgan fingerprint density at radius 1 is 0.818 bits per heavy atom. The zero-order chi connectivity index (χ0) is 16.9. The normalized spacial score (nSPS) is 9.59. The number of halogens is 3. The van der Waals surface area contributed by atoms with Crippen molar-refractivity contribution in [3.05, 3.63) is 71.7 Å². The van der Waals surface area contributed by atoms with Crippen LogP contribution in [0.5, 0.6) is 0 Å². The van der Waals surface area contributed by atoms with E-state index in [9.17, 15) is 20.2 Å². The van der Waals surface area contributed by atoms with Crippen LogP contribution in [0.15, 0.2) is 36.4 Å². The molecule has 0 aliphatic carbocycles. The number of anilines is 1. The first-order valence-electron chi connectivity index (χ1n) is 5.51. The first kappa shape index (κ1) is 18.0. The van der Waals surface area contributed by atoms with Crippen molar-refractivity contribution >= 4 is 51.9 Å². The van der Waals surface area contributed by atoms with E-state index in [1.165, 1.54) is 36.4 Å². The van der Waals surface area contributed by atoms with Crippen LogP contribution in [-0.4, -0.2) is 9.85 Å². The van der Waals surface area contributed by atoms with Gasteiger partial charge in [0.2, 0.25) is 0 Å².